The van der Waals surface area contributed by atoms with Crippen molar-refractivity contribution in [3.63, 3.8) is 0 Å². The van der Waals surface area contributed by atoms with E-state index in [1.54, 1.807) is 7.11 Å². The second-order valence-corrected chi connectivity index (χ2v) is 5.84. The minimum absolute atomic E-state index is 0.146. The molecule has 1 aromatic carbocycles. The van der Waals surface area contributed by atoms with E-state index in [2.05, 4.69) is 15.0 Å². The number of hydrogen-bond donors (Lipinski definition) is 1. The zero-order chi connectivity index (χ0) is 18.0. The first-order valence-electron chi connectivity index (χ1n) is 8.00. The molecule has 2 heterocycles. The summed E-state index contributed by atoms with van der Waals surface area (Å²) in [5.74, 6) is 0.264. The van der Waals surface area contributed by atoms with Crippen LogP contribution in [0.5, 0.6) is 0 Å². The van der Waals surface area contributed by atoms with Crippen molar-refractivity contribution in [1.29, 1.82) is 0 Å². The van der Waals surface area contributed by atoms with Gasteiger partial charge in [-0.05, 0) is 37.1 Å². The van der Waals surface area contributed by atoms with E-state index in [0.29, 0.717) is 31.9 Å². The zero-order valence-corrected chi connectivity index (χ0v) is 14.5. The molecule has 0 saturated heterocycles. The number of hydrogen-bond acceptors (Lipinski definition) is 6. The molecule has 1 aromatic rings. The Morgan fingerprint density at radius 1 is 1.08 bits per heavy atom. The van der Waals surface area contributed by atoms with Gasteiger partial charge in [-0.15, -0.1) is 0 Å². The lowest BCUT2D eigenvalue weighted by molar-refractivity contribution is 0.0670. The maximum absolute atomic E-state index is 12.1. The number of H-pyrrole nitrogens is 1. The van der Waals surface area contributed by atoms with Crippen LogP contribution >= 0.6 is 0 Å². The lowest BCUT2D eigenvalue weighted by Crippen LogP contribution is -2.29. The standard InChI is InChI=1S/C17H20N4O4/c1-10-8-12-13(9-11(10)2)21(4-5-25-7-6-24-3)15-14(18-12)16(22)20-17(23)19-15/h8-9H,4-7H2,1-3H3,(H,20,22,23). The fraction of sp³-hybridized carbons (Fsp3) is 0.412. The van der Waals surface area contributed by atoms with E-state index < -0.39 is 11.2 Å². The van der Waals surface area contributed by atoms with E-state index in [1.165, 1.54) is 0 Å². The molecule has 0 saturated carbocycles. The summed E-state index contributed by atoms with van der Waals surface area (Å²) in [4.78, 5) is 34.4. The quantitative estimate of drug-likeness (QED) is 0.526. The SMILES string of the molecule is COCCOCCn1c2nc(=O)[nH]c(=O)c-2nc2cc(C)c(C)cc21. The predicted octanol–water partition coefficient (Wildman–Crippen LogP) is 0.864. The summed E-state index contributed by atoms with van der Waals surface area (Å²) in [6.07, 6.45) is 0. The Kier molecular flexibility index (Phi) is 4.91. The Morgan fingerprint density at radius 2 is 1.84 bits per heavy atom. The van der Waals surface area contributed by atoms with E-state index in [1.807, 2.05) is 30.5 Å². The highest BCUT2D eigenvalue weighted by atomic mass is 16.5. The Morgan fingerprint density at radius 3 is 2.60 bits per heavy atom. The highest BCUT2D eigenvalue weighted by Gasteiger charge is 2.19. The molecule has 0 radical (unpaired) electrons. The van der Waals surface area contributed by atoms with Gasteiger partial charge >= 0.3 is 5.69 Å². The molecule has 0 fully saturated rings. The Labute approximate surface area is 143 Å². The molecule has 2 aliphatic rings. The molecule has 25 heavy (non-hydrogen) atoms. The third kappa shape index (κ3) is 3.45. The average Bonchev–Trinajstić information content (AvgIpc) is 2.56. The van der Waals surface area contributed by atoms with Gasteiger partial charge in [0.2, 0.25) is 0 Å². The molecule has 0 aromatic heterocycles. The largest absolute Gasteiger partial charge is 0.382 e. The molecular formula is C17H20N4O4. The number of fused-ring (bicyclic) bond motifs is 2. The van der Waals surface area contributed by atoms with Crippen LogP contribution in [0.3, 0.4) is 0 Å². The molecular weight excluding hydrogens is 324 g/mol. The van der Waals surface area contributed by atoms with Crippen molar-refractivity contribution in [2.24, 2.45) is 0 Å². The smallest absolute Gasteiger partial charge is 0.349 e. The summed E-state index contributed by atoms with van der Waals surface area (Å²) in [5, 5.41) is 0. The third-order valence-electron chi connectivity index (χ3n) is 4.12. The molecule has 8 nitrogen and oxygen atoms in total. The molecule has 0 amide bonds. The van der Waals surface area contributed by atoms with Gasteiger partial charge in [0.15, 0.2) is 11.5 Å². The van der Waals surface area contributed by atoms with Gasteiger partial charge in [-0.25, -0.2) is 9.78 Å². The fourth-order valence-electron chi connectivity index (χ4n) is 2.68. The van der Waals surface area contributed by atoms with Crippen LogP contribution in [-0.4, -0.2) is 46.4 Å². The number of nitrogens with zero attached hydrogens (tertiary/aromatic N) is 3. The summed E-state index contributed by atoms with van der Waals surface area (Å²) in [7, 11) is 1.61. The maximum atomic E-state index is 12.1. The van der Waals surface area contributed by atoms with Crippen molar-refractivity contribution in [2.45, 2.75) is 20.4 Å². The van der Waals surface area contributed by atoms with Crippen LogP contribution in [0.2, 0.25) is 0 Å². The second kappa shape index (κ2) is 7.12. The lowest BCUT2D eigenvalue weighted by Gasteiger charge is -2.17. The number of aryl methyl sites for hydroxylation is 2. The Hall–Kier alpha value is -2.58. The highest BCUT2D eigenvalue weighted by molar-refractivity contribution is 5.81. The van der Waals surface area contributed by atoms with E-state index in [9.17, 15) is 9.59 Å². The third-order valence-corrected chi connectivity index (χ3v) is 4.12. The number of nitrogens with one attached hydrogen (secondary N) is 1. The van der Waals surface area contributed by atoms with Crippen LogP contribution in [0.15, 0.2) is 21.7 Å². The summed E-state index contributed by atoms with van der Waals surface area (Å²) in [5.41, 5.74) is 2.58. The van der Waals surface area contributed by atoms with E-state index in [-0.39, 0.29) is 11.5 Å². The van der Waals surface area contributed by atoms with Gasteiger partial charge in [0.1, 0.15) is 0 Å². The molecule has 132 valence electrons. The lowest BCUT2D eigenvalue weighted by atomic mass is 10.1. The van der Waals surface area contributed by atoms with Gasteiger partial charge in [0.05, 0.1) is 30.9 Å². The van der Waals surface area contributed by atoms with Crippen LogP contribution in [-0.2, 0) is 16.0 Å². The molecule has 2 aliphatic heterocycles. The summed E-state index contributed by atoms with van der Waals surface area (Å²) < 4.78 is 12.3. The number of benzene rings is 1. The van der Waals surface area contributed by atoms with Crippen LogP contribution in [0, 0.1) is 13.8 Å². The summed E-state index contributed by atoms with van der Waals surface area (Å²) in [6, 6.07) is 3.91. The summed E-state index contributed by atoms with van der Waals surface area (Å²) in [6.45, 7) is 5.81. The summed E-state index contributed by atoms with van der Waals surface area (Å²) >= 11 is 0. The zero-order valence-electron chi connectivity index (χ0n) is 14.5. The molecule has 0 unspecified atom stereocenters. The molecule has 0 spiro atoms. The van der Waals surface area contributed by atoms with Gasteiger partial charge in [-0.1, -0.05) is 0 Å². The van der Waals surface area contributed by atoms with Crippen molar-refractivity contribution in [3.05, 3.63) is 44.1 Å². The topological polar surface area (TPSA) is 99.1 Å². The average molecular weight is 344 g/mol. The number of ether oxygens (including phenoxy) is 2. The number of methoxy groups -OCH3 is 1. The predicted molar refractivity (Wildman–Crippen MR) is 93.2 cm³/mol. The number of rotatable bonds is 6. The van der Waals surface area contributed by atoms with Gasteiger partial charge < -0.3 is 14.0 Å². The van der Waals surface area contributed by atoms with Crippen LogP contribution in [0.25, 0.3) is 22.6 Å². The first kappa shape index (κ1) is 17.2. The van der Waals surface area contributed by atoms with Crippen molar-refractivity contribution < 1.29 is 9.47 Å². The number of aromatic amines is 1. The Balaban J connectivity index is 2.16. The molecule has 0 atom stereocenters. The van der Waals surface area contributed by atoms with Gasteiger partial charge in [0.25, 0.3) is 5.56 Å². The number of aromatic nitrogens is 4. The minimum atomic E-state index is -0.684. The maximum Gasteiger partial charge on any atom is 0.349 e. The molecule has 1 N–H and O–H groups in total. The van der Waals surface area contributed by atoms with Crippen LogP contribution in [0.1, 0.15) is 11.1 Å². The molecule has 0 aliphatic carbocycles. The van der Waals surface area contributed by atoms with Crippen molar-refractivity contribution in [2.75, 3.05) is 26.9 Å². The minimum Gasteiger partial charge on any atom is -0.382 e. The van der Waals surface area contributed by atoms with Gasteiger partial charge in [-0.3, -0.25) is 9.78 Å². The van der Waals surface area contributed by atoms with Crippen LogP contribution in [0.4, 0.5) is 0 Å². The van der Waals surface area contributed by atoms with E-state index in [4.69, 9.17) is 9.47 Å². The molecule has 3 rings (SSSR count). The van der Waals surface area contributed by atoms with Gasteiger partial charge in [0, 0.05) is 13.7 Å². The normalized spacial score (nSPS) is 11.5. The van der Waals surface area contributed by atoms with E-state index >= 15 is 0 Å². The first-order valence-corrected chi connectivity index (χ1v) is 8.00. The second-order valence-electron chi connectivity index (χ2n) is 5.84. The van der Waals surface area contributed by atoms with Crippen molar-refractivity contribution in [3.8, 4) is 11.5 Å². The van der Waals surface area contributed by atoms with Crippen molar-refractivity contribution >= 4 is 11.0 Å². The van der Waals surface area contributed by atoms with E-state index in [0.717, 1.165) is 16.6 Å². The Bertz CT molecular complexity index is 992. The highest BCUT2D eigenvalue weighted by Crippen LogP contribution is 2.23. The molecule has 8 heteroatoms. The first-order chi connectivity index (χ1) is 12.0. The van der Waals surface area contributed by atoms with Crippen LogP contribution < -0.4 is 11.2 Å². The monoisotopic (exact) mass is 344 g/mol. The van der Waals surface area contributed by atoms with Crippen molar-refractivity contribution in [1.82, 2.24) is 19.5 Å². The molecule has 0 bridgehead atoms. The fourth-order valence-corrected chi connectivity index (χ4v) is 2.68. The van der Waals surface area contributed by atoms with Gasteiger partial charge in [-0.2, -0.15) is 4.98 Å².